The summed E-state index contributed by atoms with van der Waals surface area (Å²) in [6, 6.07) is 12.9. The van der Waals surface area contributed by atoms with Crippen LogP contribution in [0.2, 0.25) is 5.02 Å². The van der Waals surface area contributed by atoms with Crippen molar-refractivity contribution in [1.82, 2.24) is 4.90 Å². The summed E-state index contributed by atoms with van der Waals surface area (Å²) in [5.41, 5.74) is 1.53. The maximum absolute atomic E-state index is 12.6. The number of carbonyl (C=O) groups is 1. The van der Waals surface area contributed by atoms with Crippen LogP contribution in [-0.4, -0.2) is 31.0 Å². The number of hydrogen-bond acceptors (Lipinski definition) is 3. The van der Waals surface area contributed by atoms with E-state index in [0.717, 1.165) is 31.5 Å². The standard InChI is InChI=1S/C20H22ClNO3/c1-24-19-13-15(20(23)22-11-5-2-6-12-22)9-10-16(19)14-25-18-8-4-3-7-17(18)21/h3-4,7-10,13H,2,5-6,11-12,14H2,1H3. The molecule has 0 aromatic heterocycles. The van der Waals surface area contributed by atoms with Crippen molar-refractivity contribution >= 4 is 17.5 Å². The van der Waals surface area contributed by atoms with E-state index >= 15 is 0 Å². The maximum Gasteiger partial charge on any atom is 0.253 e. The number of hydrogen-bond donors (Lipinski definition) is 0. The van der Waals surface area contributed by atoms with Gasteiger partial charge in [0.05, 0.1) is 12.1 Å². The predicted octanol–water partition coefficient (Wildman–Crippen LogP) is 4.55. The molecule has 0 bridgehead atoms. The molecule has 0 N–H and O–H groups in total. The Kier molecular flexibility index (Phi) is 5.82. The van der Waals surface area contributed by atoms with E-state index in [2.05, 4.69) is 0 Å². The molecule has 0 aliphatic carbocycles. The molecule has 0 radical (unpaired) electrons. The third kappa shape index (κ3) is 4.26. The van der Waals surface area contributed by atoms with E-state index < -0.39 is 0 Å². The molecule has 1 aliphatic rings. The third-order valence-corrected chi connectivity index (χ3v) is 4.71. The highest BCUT2D eigenvalue weighted by molar-refractivity contribution is 6.32. The molecule has 2 aromatic rings. The lowest BCUT2D eigenvalue weighted by Gasteiger charge is -2.27. The first-order valence-electron chi connectivity index (χ1n) is 8.52. The smallest absolute Gasteiger partial charge is 0.253 e. The second-order valence-corrected chi connectivity index (χ2v) is 6.51. The molecule has 0 atom stereocenters. The summed E-state index contributed by atoms with van der Waals surface area (Å²) in [7, 11) is 1.60. The van der Waals surface area contributed by atoms with Gasteiger partial charge in [-0.1, -0.05) is 29.8 Å². The largest absolute Gasteiger partial charge is 0.496 e. The lowest BCUT2D eigenvalue weighted by Crippen LogP contribution is -2.35. The van der Waals surface area contributed by atoms with Gasteiger partial charge >= 0.3 is 0 Å². The highest BCUT2D eigenvalue weighted by atomic mass is 35.5. The highest BCUT2D eigenvalue weighted by Gasteiger charge is 2.19. The number of piperidine rings is 1. The fourth-order valence-corrected chi connectivity index (χ4v) is 3.18. The SMILES string of the molecule is COc1cc(C(=O)N2CCCCC2)ccc1COc1ccccc1Cl. The van der Waals surface area contributed by atoms with Crippen molar-refractivity contribution in [2.75, 3.05) is 20.2 Å². The van der Waals surface area contributed by atoms with Crippen LogP contribution in [-0.2, 0) is 6.61 Å². The monoisotopic (exact) mass is 359 g/mol. The summed E-state index contributed by atoms with van der Waals surface area (Å²) >= 11 is 6.11. The minimum atomic E-state index is 0.0663. The summed E-state index contributed by atoms with van der Waals surface area (Å²) in [5, 5.41) is 0.568. The number of benzene rings is 2. The molecule has 1 heterocycles. The van der Waals surface area contributed by atoms with Gasteiger partial charge in [0.15, 0.2) is 0 Å². The molecular weight excluding hydrogens is 338 g/mol. The van der Waals surface area contributed by atoms with E-state index in [-0.39, 0.29) is 5.91 Å². The Labute approximate surface area is 153 Å². The summed E-state index contributed by atoms with van der Waals surface area (Å²) < 4.78 is 11.2. The minimum absolute atomic E-state index is 0.0663. The molecule has 2 aromatic carbocycles. The second kappa shape index (κ2) is 8.26. The van der Waals surface area contributed by atoms with Crippen molar-refractivity contribution in [2.45, 2.75) is 25.9 Å². The van der Waals surface area contributed by atoms with Crippen LogP contribution in [0.1, 0.15) is 35.2 Å². The zero-order chi connectivity index (χ0) is 17.6. The Hall–Kier alpha value is -2.20. The number of rotatable bonds is 5. The third-order valence-electron chi connectivity index (χ3n) is 4.40. The van der Waals surface area contributed by atoms with Crippen LogP contribution in [0, 0.1) is 0 Å². The molecule has 4 nitrogen and oxygen atoms in total. The van der Waals surface area contributed by atoms with Crippen molar-refractivity contribution in [1.29, 1.82) is 0 Å². The molecular formula is C20H22ClNO3. The molecule has 132 valence electrons. The van der Waals surface area contributed by atoms with Crippen molar-refractivity contribution in [2.24, 2.45) is 0 Å². The zero-order valence-corrected chi connectivity index (χ0v) is 15.1. The lowest BCUT2D eigenvalue weighted by atomic mass is 10.1. The van der Waals surface area contributed by atoms with Gasteiger partial charge in [-0.25, -0.2) is 0 Å². The summed E-state index contributed by atoms with van der Waals surface area (Å²) in [5.74, 6) is 1.34. The summed E-state index contributed by atoms with van der Waals surface area (Å²) in [6.07, 6.45) is 3.35. The van der Waals surface area contributed by atoms with Crippen molar-refractivity contribution < 1.29 is 14.3 Å². The normalized spacial score (nSPS) is 14.2. The molecule has 0 saturated carbocycles. The summed E-state index contributed by atoms with van der Waals surface area (Å²) in [4.78, 5) is 14.5. The minimum Gasteiger partial charge on any atom is -0.496 e. The maximum atomic E-state index is 12.6. The Bertz CT molecular complexity index is 741. The van der Waals surface area contributed by atoms with Gasteiger partial charge in [0.2, 0.25) is 0 Å². The second-order valence-electron chi connectivity index (χ2n) is 6.10. The number of methoxy groups -OCH3 is 1. The fourth-order valence-electron chi connectivity index (χ4n) is 2.99. The topological polar surface area (TPSA) is 38.8 Å². The first-order chi connectivity index (χ1) is 12.2. The van der Waals surface area contributed by atoms with Crippen LogP contribution >= 0.6 is 11.6 Å². The van der Waals surface area contributed by atoms with E-state index in [4.69, 9.17) is 21.1 Å². The molecule has 1 amide bonds. The fraction of sp³-hybridized carbons (Fsp3) is 0.350. The van der Waals surface area contributed by atoms with E-state index in [1.54, 1.807) is 19.2 Å². The van der Waals surface area contributed by atoms with E-state index in [9.17, 15) is 4.79 Å². The van der Waals surface area contributed by atoms with Gasteiger partial charge in [0, 0.05) is 24.2 Å². The quantitative estimate of drug-likeness (QED) is 0.785. The molecule has 3 rings (SSSR count). The van der Waals surface area contributed by atoms with Crippen LogP contribution in [0.15, 0.2) is 42.5 Å². The average molecular weight is 360 g/mol. The molecule has 0 unspecified atom stereocenters. The Morgan fingerprint density at radius 3 is 2.56 bits per heavy atom. The Morgan fingerprint density at radius 2 is 1.84 bits per heavy atom. The van der Waals surface area contributed by atoms with Crippen LogP contribution in [0.4, 0.5) is 0 Å². The van der Waals surface area contributed by atoms with Gasteiger partial charge < -0.3 is 14.4 Å². The van der Waals surface area contributed by atoms with Crippen molar-refractivity contribution in [3.63, 3.8) is 0 Å². The van der Waals surface area contributed by atoms with Gasteiger partial charge in [-0.3, -0.25) is 4.79 Å². The number of amides is 1. The Morgan fingerprint density at radius 1 is 1.08 bits per heavy atom. The lowest BCUT2D eigenvalue weighted by molar-refractivity contribution is 0.0724. The molecule has 1 aliphatic heterocycles. The van der Waals surface area contributed by atoms with Gasteiger partial charge in [-0.05, 0) is 43.5 Å². The molecule has 5 heteroatoms. The average Bonchev–Trinajstić information content (AvgIpc) is 2.67. The highest BCUT2D eigenvalue weighted by Crippen LogP contribution is 2.27. The molecule has 0 spiro atoms. The molecule has 1 fully saturated rings. The van der Waals surface area contributed by atoms with E-state index in [0.29, 0.717) is 28.7 Å². The van der Waals surface area contributed by atoms with Crippen molar-refractivity contribution in [3.8, 4) is 11.5 Å². The molecule has 25 heavy (non-hydrogen) atoms. The van der Waals surface area contributed by atoms with E-state index in [1.807, 2.05) is 35.2 Å². The van der Waals surface area contributed by atoms with Gasteiger partial charge in [0.25, 0.3) is 5.91 Å². The number of carbonyl (C=O) groups excluding carboxylic acids is 1. The van der Waals surface area contributed by atoms with Gasteiger partial charge in [-0.15, -0.1) is 0 Å². The number of nitrogens with zero attached hydrogens (tertiary/aromatic N) is 1. The van der Waals surface area contributed by atoms with Crippen LogP contribution < -0.4 is 9.47 Å². The number of ether oxygens (including phenoxy) is 2. The van der Waals surface area contributed by atoms with Crippen LogP contribution in [0.5, 0.6) is 11.5 Å². The van der Waals surface area contributed by atoms with Gasteiger partial charge in [-0.2, -0.15) is 0 Å². The van der Waals surface area contributed by atoms with E-state index in [1.165, 1.54) is 6.42 Å². The van der Waals surface area contributed by atoms with Crippen molar-refractivity contribution in [3.05, 3.63) is 58.6 Å². The predicted molar refractivity (Wildman–Crippen MR) is 98.5 cm³/mol. The number of halogens is 1. The van der Waals surface area contributed by atoms with Crippen LogP contribution in [0.25, 0.3) is 0 Å². The number of para-hydroxylation sites is 1. The first-order valence-corrected chi connectivity index (χ1v) is 8.90. The van der Waals surface area contributed by atoms with Crippen LogP contribution in [0.3, 0.4) is 0 Å². The number of likely N-dealkylation sites (tertiary alicyclic amines) is 1. The first kappa shape index (κ1) is 17.6. The van der Waals surface area contributed by atoms with Gasteiger partial charge in [0.1, 0.15) is 18.1 Å². The molecule has 1 saturated heterocycles. The summed E-state index contributed by atoms with van der Waals surface area (Å²) in [6.45, 7) is 1.99. The zero-order valence-electron chi connectivity index (χ0n) is 14.3. The Balaban J connectivity index is 1.73.